The molecule has 0 radical (unpaired) electrons. The van der Waals surface area contributed by atoms with Gasteiger partial charge in [0.2, 0.25) is 0 Å². The summed E-state index contributed by atoms with van der Waals surface area (Å²) in [6.45, 7) is 1.57. The molecule has 0 atom stereocenters. The van der Waals surface area contributed by atoms with Crippen LogP contribution in [0.5, 0.6) is 0 Å². The molecular weight excluding hydrogens is 240 g/mol. The molecule has 19 heavy (non-hydrogen) atoms. The highest BCUT2D eigenvalue weighted by Crippen LogP contribution is 2.02. The molecule has 0 saturated heterocycles. The number of fused-ring (bicyclic) bond motifs is 1. The number of rotatable bonds is 5. The molecule has 0 aliphatic heterocycles. The lowest BCUT2D eigenvalue weighted by Gasteiger charge is -2.03. The van der Waals surface area contributed by atoms with Crippen LogP contribution in [-0.4, -0.2) is 31.1 Å². The Balaban J connectivity index is 1.55. The van der Waals surface area contributed by atoms with Crippen LogP contribution >= 0.6 is 0 Å². The maximum absolute atomic E-state index is 4.19. The van der Waals surface area contributed by atoms with Crippen molar-refractivity contribution in [1.29, 1.82) is 0 Å². The summed E-state index contributed by atoms with van der Waals surface area (Å²) in [6, 6.07) is 7.79. The normalized spacial score (nSPS) is 10.9. The molecule has 0 aliphatic rings. The van der Waals surface area contributed by atoms with Gasteiger partial charge in [-0.1, -0.05) is 6.07 Å². The van der Waals surface area contributed by atoms with Crippen molar-refractivity contribution in [2.75, 3.05) is 6.54 Å². The zero-order valence-corrected chi connectivity index (χ0v) is 10.4. The van der Waals surface area contributed by atoms with Crippen LogP contribution in [0.15, 0.2) is 43.0 Å². The lowest BCUT2D eigenvalue weighted by Crippen LogP contribution is -2.18. The van der Waals surface area contributed by atoms with Crippen molar-refractivity contribution in [3.05, 3.63) is 54.5 Å². The molecule has 0 fully saturated rings. The molecule has 0 aromatic carbocycles. The van der Waals surface area contributed by atoms with E-state index >= 15 is 0 Å². The van der Waals surface area contributed by atoms with Crippen LogP contribution in [0.3, 0.4) is 0 Å². The summed E-state index contributed by atoms with van der Waals surface area (Å²) in [5.74, 6) is 0.964. The van der Waals surface area contributed by atoms with E-state index in [2.05, 4.69) is 25.5 Å². The average molecular weight is 254 g/mol. The van der Waals surface area contributed by atoms with Gasteiger partial charge in [-0.05, 0) is 18.2 Å². The highest BCUT2D eigenvalue weighted by Gasteiger charge is 2.03. The zero-order valence-electron chi connectivity index (χ0n) is 10.4. The number of nitrogens with zero attached hydrogens (tertiary/aromatic N) is 5. The van der Waals surface area contributed by atoms with E-state index in [4.69, 9.17) is 0 Å². The second-order valence-corrected chi connectivity index (χ2v) is 4.17. The summed E-state index contributed by atoms with van der Waals surface area (Å²) in [7, 11) is 0. The van der Waals surface area contributed by atoms with Crippen LogP contribution in [0.4, 0.5) is 0 Å². The second-order valence-electron chi connectivity index (χ2n) is 4.17. The molecule has 0 aliphatic carbocycles. The van der Waals surface area contributed by atoms with Gasteiger partial charge in [-0.15, -0.1) is 10.2 Å². The summed E-state index contributed by atoms with van der Waals surface area (Å²) in [5, 5.41) is 11.6. The zero-order chi connectivity index (χ0) is 12.9. The van der Waals surface area contributed by atoms with E-state index in [9.17, 15) is 0 Å². The first kappa shape index (κ1) is 11.7. The number of hydrogen-bond acceptors (Lipinski definition) is 5. The lowest BCUT2D eigenvalue weighted by atomic mass is 10.3. The second kappa shape index (κ2) is 5.53. The molecule has 0 amide bonds. The molecule has 0 unspecified atom stereocenters. The summed E-state index contributed by atoms with van der Waals surface area (Å²) < 4.78 is 2.01. The van der Waals surface area contributed by atoms with Crippen LogP contribution in [-0.2, 0) is 13.0 Å². The van der Waals surface area contributed by atoms with Gasteiger partial charge in [-0.2, -0.15) is 0 Å². The van der Waals surface area contributed by atoms with Crippen LogP contribution in [0.1, 0.15) is 11.5 Å². The third-order valence-corrected chi connectivity index (χ3v) is 2.86. The Morgan fingerprint density at radius 3 is 3.05 bits per heavy atom. The van der Waals surface area contributed by atoms with Gasteiger partial charge >= 0.3 is 0 Å². The van der Waals surface area contributed by atoms with E-state index in [1.54, 1.807) is 12.5 Å². The number of aromatic nitrogens is 5. The molecule has 3 aromatic heterocycles. The van der Waals surface area contributed by atoms with Crippen molar-refractivity contribution < 1.29 is 0 Å². The Hall–Kier alpha value is -2.34. The number of pyridine rings is 1. The molecule has 3 rings (SSSR count). The van der Waals surface area contributed by atoms with Crippen LogP contribution < -0.4 is 5.32 Å². The quantitative estimate of drug-likeness (QED) is 0.684. The fourth-order valence-corrected chi connectivity index (χ4v) is 1.90. The Kier molecular flexibility index (Phi) is 3.42. The Morgan fingerprint density at radius 2 is 2.16 bits per heavy atom. The third-order valence-electron chi connectivity index (χ3n) is 2.86. The van der Waals surface area contributed by atoms with Gasteiger partial charge < -0.3 is 5.32 Å². The molecule has 6 heteroatoms. The molecule has 3 heterocycles. The molecule has 96 valence electrons. The highest BCUT2D eigenvalue weighted by molar-refractivity contribution is 5.36. The Morgan fingerprint density at radius 1 is 1.16 bits per heavy atom. The van der Waals surface area contributed by atoms with E-state index in [0.717, 1.165) is 36.7 Å². The smallest absolute Gasteiger partial charge is 0.160 e. The highest BCUT2D eigenvalue weighted by atomic mass is 15.2. The first-order valence-electron chi connectivity index (χ1n) is 6.18. The molecule has 3 aromatic rings. The minimum atomic E-state index is 0.735. The van der Waals surface area contributed by atoms with Gasteiger partial charge in [0.25, 0.3) is 0 Å². The minimum Gasteiger partial charge on any atom is -0.311 e. The Bertz CT molecular complexity index is 648. The van der Waals surface area contributed by atoms with E-state index < -0.39 is 0 Å². The van der Waals surface area contributed by atoms with Gasteiger partial charge in [-0.25, -0.2) is 9.97 Å². The van der Waals surface area contributed by atoms with Crippen molar-refractivity contribution in [3.8, 4) is 0 Å². The predicted molar refractivity (Wildman–Crippen MR) is 70.4 cm³/mol. The average Bonchev–Trinajstić information content (AvgIpc) is 2.88. The maximum atomic E-state index is 4.19. The number of hydrogen-bond donors (Lipinski definition) is 1. The van der Waals surface area contributed by atoms with E-state index in [-0.39, 0.29) is 0 Å². The monoisotopic (exact) mass is 254 g/mol. The predicted octanol–water partition coefficient (Wildman–Crippen LogP) is 0.852. The van der Waals surface area contributed by atoms with Crippen molar-refractivity contribution in [2.45, 2.75) is 13.0 Å². The number of nitrogens with one attached hydrogen (secondary N) is 1. The standard InChI is InChI=1S/C13H14N6/c1-2-8-19-12(3-1)17-18-13(19)5-7-14-9-11-4-6-15-10-16-11/h1-4,6,8,10,14H,5,7,9H2. The Labute approximate surface area is 110 Å². The topological polar surface area (TPSA) is 68.0 Å². The van der Waals surface area contributed by atoms with E-state index in [0.29, 0.717) is 0 Å². The van der Waals surface area contributed by atoms with Crippen molar-refractivity contribution in [3.63, 3.8) is 0 Å². The van der Waals surface area contributed by atoms with Crippen LogP contribution in [0, 0.1) is 0 Å². The fourth-order valence-electron chi connectivity index (χ4n) is 1.90. The van der Waals surface area contributed by atoms with E-state index in [1.807, 2.05) is 34.9 Å². The molecule has 0 saturated carbocycles. The molecule has 1 N–H and O–H groups in total. The minimum absolute atomic E-state index is 0.735. The van der Waals surface area contributed by atoms with Gasteiger partial charge in [0.05, 0.1) is 5.69 Å². The van der Waals surface area contributed by atoms with Gasteiger partial charge in [0.15, 0.2) is 5.65 Å². The largest absolute Gasteiger partial charge is 0.311 e. The fraction of sp³-hybridized carbons (Fsp3) is 0.231. The van der Waals surface area contributed by atoms with E-state index in [1.165, 1.54) is 0 Å². The molecular formula is C13H14N6. The van der Waals surface area contributed by atoms with Crippen molar-refractivity contribution >= 4 is 5.65 Å². The lowest BCUT2D eigenvalue weighted by molar-refractivity contribution is 0.655. The summed E-state index contributed by atoms with van der Waals surface area (Å²) >= 11 is 0. The maximum Gasteiger partial charge on any atom is 0.160 e. The third kappa shape index (κ3) is 2.74. The van der Waals surface area contributed by atoms with Gasteiger partial charge in [0, 0.05) is 31.9 Å². The SMILES string of the molecule is c1ccn2c(CCNCc3ccncn3)nnc2c1. The first-order chi connectivity index (χ1) is 9.43. The molecule has 0 bridgehead atoms. The van der Waals surface area contributed by atoms with Crippen molar-refractivity contribution in [1.82, 2.24) is 29.9 Å². The van der Waals surface area contributed by atoms with Crippen LogP contribution in [0.2, 0.25) is 0 Å². The summed E-state index contributed by atoms with van der Waals surface area (Å²) in [4.78, 5) is 8.04. The molecule has 0 spiro atoms. The molecule has 6 nitrogen and oxygen atoms in total. The van der Waals surface area contributed by atoms with Gasteiger partial charge in [-0.3, -0.25) is 4.40 Å². The summed E-state index contributed by atoms with van der Waals surface area (Å²) in [6.07, 6.45) is 6.12. The first-order valence-corrected chi connectivity index (χ1v) is 6.18. The summed E-state index contributed by atoms with van der Waals surface area (Å²) in [5.41, 5.74) is 1.87. The van der Waals surface area contributed by atoms with Crippen LogP contribution in [0.25, 0.3) is 5.65 Å². The van der Waals surface area contributed by atoms with Crippen molar-refractivity contribution in [2.24, 2.45) is 0 Å². The van der Waals surface area contributed by atoms with Gasteiger partial charge in [0.1, 0.15) is 12.2 Å².